The lowest BCUT2D eigenvalue weighted by atomic mass is 9.82. The first-order chi connectivity index (χ1) is 9.13. The highest BCUT2D eigenvalue weighted by molar-refractivity contribution is 5.87. The second kappa shape index (κ2) is 4.51. The first-order valence-corrected chi connectivity index (χ1v) is 6.96. The van der Waals surface area contributed by atoms with E-state index in [9.17, 15) is 14.7 Å². The van der Waals surface area contributed by atoms with Crippen molar-refractivity contribution in [2.24, 2.45) is 23.7 Å². The maximum absolute atomic E-state index is 12.7. The Bertz CT molecular complexity index is 452. The Hall–Kier alpha value is -1.58. The molecule has 2 fully saturated rings. The van der Waals surface area contributed by atoms with Crippen LogP contribution in [0.4, 0.5) is 0 Å². The summed E-state index contributed by atoms with van der Waals surface area (Å²) in [5.41, 5.74) is 0. The van der Waals surface area contributed by atoms with Crippen molar-refractivity contribution in [2.75, 3.05) is 6.54 Å². The van der Waals surface area contributed by atoms with Crippen molar-refractivity contribution in [3.05, 3.63) is 24.8 Å². The third-order valence-corrected chi connectivity index (χ3v) is 4.63. The molecule has 102 valence electrons. The van der Waals surface area contributed by atoms with Crippen LogP contribution in [0.1, 0.15) is 19.3 Å². The summed E-state index contributed by atoms with van der Waals surface area (Å²) in [7, 11) is 0. The van der Waals surface area contributed by atoms with E-state index >= 15 is 0 Å². The van der Waals surface area contributed by atoms with Gasteiger partial charge in [0.1, 0.15) is 0 Å². The van der Waals surface area contributed by atoms with E-state index in [0.29, 0.717) is 12.6 Å². The third kappa shape index (κ3) is 1.99. The maximum Gasteiger partial charge on any atom is 0.307 e. The number of carbonyl (C=O) groups is 2. The Balaban J connectivity index is 1.83. The minimum Gasteiger partial charge on any atom is -0.481 e. The molecule has 2 unspecified atom stereocenters. The Kier molecular flexibility index (Phi) is 2.96. The summed E-state index contributed by atoms with van der Waals surface area (Å²) in [4.78, 5) is 26.0. The second-order valence-corrected chi connectivity index (χ2v) is 5.85. The molecule has 0 aliphatic heterocycles. The molecule has 4 nitrogen and oxygen atoms in total. The zero-order chi connectivity index (χ0) is 13.6. The first-order valence-electron chi connectivity index (χ1n) is 6.96. The fourth-order valence-electron chi connectivity index (χ4n) is 3.63. The van der Waals surface area contributed by atoms with Crippen LogP contribution >= 0.6 is 0 Å². The van der Waals surface area contributed by atoms with Gasteiger partial charge in [-0.15, -0.1) is 6.58 Å². The predicted molar refractivity (Wildman–Crippen MR) is 70.3 cm³/mol. The van der Waals surface area contributed by atoms with Crippen LogP contribution in [-0.4, -0.2) is 34.5 Å². The van der Waals surface area contributed by atoms with Gasteiger partial charge >= 0.3 is 5.97 Å². The fourth-order valence-corrected chi connectivity index (χ4v) is 3.63. The number of rotatable bonds is 5. The van der Waals surface area contributed by atoms with Crippen LogP contribution in [0, 0.1) is 23.7 Å². The van der Waals surface area contributed by atoms with Crippen LogP contribution in [0.5, 0.6) is 0 Å². The number of fused-ring (bicyclic) bond motifs is 2. The smallest absolute Gasteiger partial charge is 0.307 e. The topological polar surface area (TPSA) is 57.6 Å². The van der Waals surface area contributed by atoms with E-state index in [1.54, 1.807) is 6.08 Å². The lowest BCUT2D eigenvalue weighted by molar-refractivity contribution is -0.151. The molecule has 3 aliphatic carbocycles. The number of allylic oxidation sites excluding steroid dienone is 2. The van der Waals surface area contributed by atoms with Gasteiger partial charge in [-0.05, 0) is 31.1 Å². The van der Waals surface area contributed by atoms with Gasteiger partial charge in [-0.25, -0.2) is 0 Å². The largest absolute Gasteiger partial charge is 0.481 e. The highest BCUT2D eigenvalue weighted by atomic mass is 16.4. The lowest BCUT2D eigenvalue weighted by Gasteiger charge is -2.30. The van der Waals surface area contributed by atoms with Crippen LogP contribution in [0.25, 0.3) is 0 Å². The molecule has 0 saturated heterocycles. The molecule has 2 saturated carbocycles. The van der Waals surface area contributed by atoms with Crippen molar-refractivity contribution in [1.82, 2.24) is 4.90 Å². The standard InChI is InChI=1S/C15H19NO3/c1-2-7-16(11-5-6-11)14(17)12-9-3-4-10(8-9)13(12)15(18)19/h2-4,9-13H,1,5-8H2,(H,18,19)/t9?,10?,12-,13+/m0/s1. The number of carboxylic acid groups (broad SMARTS) is 1. The molecule has 4 heteroatoms. The summed E-state index contributed by atoms with van der Waals surface area (Å²) in [6.07, 6.45) is 8.63. The van der Waals surface area contributed by atoms with Gasteiger partial charge in [0, 0.05) is 12.6 Å². The highest BCUT2D eigenvalue weighted by Gasteiger charge is 2.53. The Labute approximate surface area is 112 Å². The van der Waals surface area contributed by atoms with E-state index in [2.05, 4.69) is 6.58 Å². The highest BCUT2D eigenvalue weighted by Crippen LogP contribution is 2.49. The van der Waals surface area contributed by atoms with Crippen LogP contribution < -0.4 is 0 Å². The molecular formula is C15H19NO3. The van der Waals surface area contributed by atoms with Gasteiger partial charge < -0.3 is 10.0 Å². The third-order valence-electron chi connectivity index (χ3n) is 4.63. The Morgan fingerprint density at radius 3 is 2.42 bits per heavy atom. The van der Waals surface area contributed by atoms with Gasteiger partial charge in [0.25, 0.3) is 0 Å². The molecule has 4 atom stereocenters. The van der Waals surface area contributed by atoms with Crippen LogP contribution in [0.3, 0.4) is 0 Å². The Morgan fingerprint density at radius 1 is 1.26 bits per heavy atom. The van der Waals surface area contributed by atoms with Crippen LogP contribution in [0.15, 0.2) is 24.8 Å². The number of nitrogens with zero attached hydrogens (tertiary/aromatic N) is 1. The minimum absolute atomic E-state index is 0.0200. The maximum atomic E-state index is 12.7. The van der Waals surface area contributed by atoms with Gasteiger partial charge in [-0.1, -0.05) is 18.2 Å². The number of amides is 1. The van der Waals surface area contributed by atoms with Crippen LogP contribution in [-0.2, 0) is 9.59 Å². The summed E-state index contributed by atoms with van der Waals surface area (Å²) in [5, 5.41) is 9.40. The van der Waals surface area contributed by atoms with Gasteiger partial charge in [0.05, 0.1) is 11.8 Å². The number of hydrogen-bond donors (Lipinski definition) is 1. The number of carbonyl (C=O) groups excluding carboxylic acids is 1. The normalized spacial score (nSPS) is 35.4. The average Bonchev–Trinajstić information content (AvgIpc) is 3.01. The van der Waals surface area contributed by atoms with E-state index in [1.807, 2.05) is 17.1 Å². The fraction of sp³-hybridized carbons (Fsp3) is 0.600. The van der Waals surface area contributed by atoms with E-state index in [1.165, 1.54) is 0 Å². The zero-order valence-electron chi connectivity index (χ0n) is 10.9. The molecule has 19 heavy (non-hydrogen) atoms. The SMILES string of the molecule is C=CCN(C(=O)[C@H]1C2C=CC(C2)[C@H]1C(=O)O)C1CC1. The lowest BCUT2D eigenvalue weighted by Crippen LogP contribution is -2.44. The minimum atomic E-state index is -0.829. The van der Waals surface area contributed by atoms with Gasteiger partial charge in [-0.3, -0.25) is 9.59 Å². The van der Waals surface area contributed by atoms with E-state index < -0.39 is 11.9 Å². The van der Waals surface area contributed by atoms with Crippen molar-refractivity contribution in [3.63, 3.8) is 0 Å². The predicted octanol–water partition coefficient (Wildman–Crippen LogP) is 1.69. The number of hydrogen-bond acceptors (Lipinski definition) is 2. The van der Waals surface area contributed by atoms with Gasteiger partial charge in [-0.2, -0.15) is 0 Å². The average molecular weight is 261 g/mol. The quantitative estimate of drug-likeness (QED) is 0.766. The molecule has 3 aliphatic rings. The van der Waals surface area contributed by atoms with Crippen LogP contribution in [0.2, 0.25) is 0 Å². The molecule has 0 spiro atoms. The van der Waals surface area contributed by atoms with E-state index in [4.69, 9.17) is 0 Å². The van der Waals surface area contributed by atoms with Crippen molar-refractivity contribution < 1.29 is 14.7 Å². The molecule has 0 aromatic carbocycles. The summed E-state index contributed by atoms with van der Waals surface area (Å²) in [6.45, 7) is 4.23. The summed E-state index contributed by atoms with van der Waals surface area (Å²) >= 11 is 0. The van der Waals surface area contributed by atoms with Gasteiger partial charge in [0.15, 0.2) is 0 Å². The van der Waals surface area contributed by atoms with Gasteiger partial charge in [0.2, 0.25) is 5.91 Å². The molecular weight excluding hydrogens is 242 g/mol. The molecule has 1 amide bonds. The molecule has 0 aromatic rings. The molecule has 0 aromatic heterocycles. The number of carboxylic acids is 1. The van der Waals surface area contributed by atoms with Crippen molar-refractivity contribution in [3.8, 4) is 0 Å². The molecule has 0 heterocycles. The Morgan fingerprint density at radius 2 is 1.89 bits per heavy atom. The summed E-state index contributed by atoms with van der Waals surface area (Å²) < 4.78 is 0. The second-order valence-electron chi connectivity index (χ2n) is 5.85. The first kappa shape index (κ1) is 12.5. The van der Waals surface area contributed by atoms with E-state index in [0.717, 1.165) is 19.3 Å². The summed E-state index contributed by atoms with van der Waals surface area (Å²) in [5.74, 6) is -1.55. The number of aliphatic carboxylic acids is 1. The molecule has 1 N–H and O–H groups in total. The molecule has 3 rings (SSSR count). The molecule has 2 bridgehead atoms. The monoisotopic (exact) mass is 261 g/mol. The van der Waals surface area contributed by atoms with Crippen molar-refractivity contribution >= 4 is 11.9 Å². The van der Waals surface area contributed by atoms with E-state index in [-0.39, 0.29) is 23.7 Å². The van der Waals surface area contributed by atoms with Crippen molar-refractivity contribution in [2.45, 2.75) is 25.3 Å². The van der Waals surface area contributed by atoms with Crippen molar-refractivity contribution in [1.29, 1.82) is 0 Å². The zero-order valence-corrected chi connectivity index (χ0v) is 10.9. The summed E-state index contributed by atoms with van der Waals surface area (Å²) in [6, 6.07) is 0.308. The molecule has 0 radical (unpaired) electrons.